The van der Waals surface area contributed by atoms with Crippen molar-refractivity contribution in [3.05, 3.63) is 222 Å². The molecule has 2 atom stereocenters. The second kappa shape index (κ2) is 19.0. The van der Waals surface area contributed by atoms with E-state index in [1.807, 2.05) is 90.6 Å². The zero-order valence-electron chi connectivity index (χ0n) is 42.5. The molecule has 0 bridgehead atoms. The van der Waals surface area contributed by atoms with Gasteiger partial charge in [-0.05, 0) is 112 Å². The number of nitrogens with zero attached hydrogens (tertiary/aromatic N) is 13. The van der Waals surface area contributed by atoms with Gasteiger partial charge in [-0.3, -0.25) is 4.98 Å². The van der Waals surface area contributed by atoms with E-state index in [1.54, 1.807) is 0 Å². The predicted octanol–water partition coefficient (Wildman–Crippen LogP) is 12.4. The van der Waals surface area contributed by atoms with E-state index in [4.69, 9.17) is 10.2 Å². The van der Waals surface area contributed by atoms with Gasteiger partial charge in [0, 0.05) is 74.3 Å². The minimum absolute atomic E-state index is 0. The first-order valence-corrected chi connectivity index (χ1v) is 24.8. The van der Waals surface area contributed by atoms with Crippen LogP contribution in [0.5, 0.6) is 0 Å². The van der Waals surface area contributed by atoms with Crippen LogP contribution in [0.3, 0.4) is 0 Å². The molecule has 0 aliphatic carbocycles. The molecule has 3 aromatic heterocycles. The van der Waals surface area contributed by atoms with Crippen molar-refractivity contribution in [2.24, 2.45) is 10.2 Å². The number of likely N-dealkylation sites (N-methyl/N-ethyl adjacent to an activating group) is 2. The van der Waals surface area contributed by atoms with Crippen molar-refractivity contribution >= 4 is 68.8 Å². The van der Waals surface area contributed by atoms with Crippen molar-refractivity contribution in [3.8, 4) is 0 Å². The van der Waals surface area contributed by atoms with Gasteiger partial charge >= 0.3 is 0 Å². The summed E-state index contributed by atoms with van der Waals surface area (Å²) < 4.78 is 0. The maximum absolute atomic E-state index is 5.18. The molecule has 14 rings (SSSR count). The summed E-state index contributed by atoms with van der Waals surface area (Å²) in [6.07, 6.45) is 8.15. The van der Waals surface area contributed by atoms with Crippen molar-refractivity contribution < 1.29 is 19.8 Å². The van der Waals surface area contributed by atoms with Crippen LogP contribution in [0.2, 0.25) is 0 Å². The Bertz CT molecular complexity index is 3300. The first-order valence-electron chi connectivity index (χ1n) is 24.8. The summed E-state index contributed by atoms with van der Waals surface area (Å²) in [7, 11) is 4.30. The molecule has 0 amide bonds. The van der Waals surface area contributed by atoms with Gasteiger partial charge in [-0.15, -0.1) is 31.5 Å². The topological polar surface area (TPSA) is 89.3 Å². The predicted molar refractivity (Wildman–Crippen MR) is 302 cm³/mol. The van der Waals surface area contributed by atoms with Crippen LogP contribution in [-0.2, 0) is 19.8 Å². The van der Waals surface area contributed by atoms with Crippen LogP contribution in [0.1, 0.15) is 63.4 Å². The number of para-hydroxylation sites is 2. The Morgan fingerprint density at radius 2 is 0.907 bits per heavy atom. The Morgan fingerprint density at radius 1 is 0.493 bits per heavy atom. The minimum Gasteiger partial charge on any atom is -0.456 e. The molecular weight excluding hydrogens is 1100 g/mol. The molecule has 0 saturated heterocycles. The molecule has 13 nitrogen and oxygen atoms in total. The summed E-state index contributed by atoms with van der Waals surface area (Å²) >= 11 is 0. The minimum atomic E-state index is 0. The molecule has 0 spiro atoms. The first-order chi connectivity index (χ1) is 35.5. The third-order valence-corrected chi connectivity index (χ3v) is 14.9. The van der Waals surface area contributed by atoms with E-state index in [-0.39, 0.29) is 39.5 Å². The fourth-order valence-electron chi connectivity index (χ4n) is 12.1. The van der Waals surface area contributed by atoms with Crippen molar-refractivity contribution in [2.75, 3.05) is 53.5 Å². The first kappa shape index (κ1) is 49.2. The molecule has 0 fully saturated rings. The van der Waals surface area contributed by atoms with E-state index >= 15 is 0 Å². The van der Waals surface area contributed by atoms with Crippen molar-refractivity contribution in [1.82, 2.24) is 15.0 Å². The molecule has 75 heavy (non-hydrogen) atoms. The number of hydrogen-bond donors (Lipinski definition) is 0. The monoisotopic (exact) mass is 1160 g/mol. The fraction of sp³-hybridized carbons (Fsp3) is 0.197. The van der Waals surface area contributed by atoms with Gasteiger partial charge in [-0.2, -0.15) is 16.3 Å². The van der Waals surface area contributed by atoms with Gasteiger partial charge in [0.15, 0.2) is 11.6 Å². The normalized spacial score (nSPS) is 18.2. The number of amidine groups is 2. The van der Waals surface area contributed by atoms with Gasteiger partial charge in [0.1, 0.15) is 24.0 Å². The Balaban J connectivity index is 0.000000176. The average molecular weight is 1160 g/mol. The second-order valence-corrected chi connectivity index (χ2v) is 19.7. The maximum Gasteiger partial charge on any atom is 0.153 e. The molecule has 6 aliphatic heterocycles. The van der Waals surface area contributed by atoms with Gasteiger partial charge in [-0.25, -0.2) is 9.97 Å². The summed E-state index contributed by atoms with van der Waals surface area (Å²) in [6, 6.07) is 47.7. The SMILES string of the molecule is C.CN1c2ncccc2N2c3cncc4c3C(C12)C1N(C)c2ncccc2N41.Cc1cc(C)c(C2=NN(c3[c-]c(N4[CH-]N(c5ccccc5)C(c5c(C)cc(C)cc5C)=N4)ccc3)[CH-]N2c2ccccc2)c(C)c1.[Os]. The number of benzene rings is 5. The molecule has 0 saturated carbocycles. The summed E-state index contributed by atoms with van der Waals surface area (Å²) in [5.41, 5.74) is 19.4. The van der Waals surface area contributed by atoms with Crippen LogP contribution >= 0.6 is 0 Å². The van der Waals surface area contributed by atoms with E-state index in [2.05, 4.69) is 191 Å². The number of aromatic nitrogens is 3. The third kappa shape index (κ3) is 7.79. The summed E-state index contributed by atoms with van der Waals surface area (Å²) in [5.74, 6) is 4.14. The number of pyridine rings is 3. The van der Waals surface area contributed by atoms with E-state index in [0.29, 0.717) is 5.92 Å². The largest absolute Gasteiger partial charge is 0.456 e. The Labute approximate surface area is 453 Å². The molecule has 14 heteroatoms. The maximum atomic E-state index is 5.18. The van der Waals surface area contributed by atoms with Crippen LogP contribution < -0.4 is 39.4 Å². The van der Waals surface area contributed by atoms with Crippen LogP contribution in [0.25, 0.3) is 0 Å². The average Bonchev–Trinajstić information content (AvgIpc) is 4.34. The van der Waals surface area contributed by atoms with E-state index in [0.717, 1.165) is 68.6 Å². The molecule has 5 aromatic carbocycles. The van der Waals surface area contributed by atoms with Gasteiger partial charge in [-0.1, -0.05) is 90.6 Å². The van der Waals surface area contributed by atoms with Gasteiger partial charge in [0.25, 0.3) is 0 Å². The zero-order valence-corrected chi connectivity index (χ0v) is 45.0. The summed E-state index contributed by atoms with van der Waals surface area (Å²) in [4.78, 5) is 27.7. The quantitative estimate of drug-likeness (QED) is 0.149. The van der Waals surface area contributed by atoms with Crippen molar-refractivity contribution in [1.29, 1.82) is 0 Å². The van der Waals surface area contributed by atoms with Crippen molar-refractivity contribution in [2.45, 2.75) is 67.2 Å². The molecule has 9 heterocycles. The zero-order chi connectivity index (χ0) is 49.8. The standard InChI is InChI=1S/C40H37N6.C20H17N7.CH4.Os/c1-27-20-29(3)37(30(4)21-27)39-41-45(25-43(39)33-14-9-7-10-15-33)35-18-13-19-36(24-35)46-26-44(34-16-11-8-12-17-34)40(42-46)38-31(5)22-28(2)23-32(38)6;1-24-17-11(5-3-7-22-17)26-13-9-21-10-14-15(13)16(19(24)26)20-25(2)18-12(27(14)20)6-4-8-23-18;;/h7-23,25-26H,1-6H3;3-10,16,19-20H,1-2H3;1H4;/q-3;;;. The molecule has 0 N–H and O–H groups in total. The smallest absolute Gasteiger partial charge is 0.153 e. The van der Waals surface area contributed by atoms with Crippen LogP contribution in [0.4, 0.5) is 57.1 Å². The van der Waals surface area contributed by atoms with E-state index in [1.165, 1.54) is 50.3 Å². The number of anilines is 10. The Kier molecular flexibility index (Phi) is 12.5. The molecule has 6 aliphatic rings. The number of hydrazone groups is 2. The van der Waals surface area contributed by atoms with Gasteiger partial charge < -0.3 is 39.4 Å². The summed E-state index contributed by atoms with van der Waals surface area (Å²) in [6.45, 7) is 17.0. The number of fused-ring (bicyclic) bond motifs is 10. The Hall–Kier alpha value is -8.07. The third-order valence-electron chi connectivity index (χ3n) is 14.9. The molecule has 8 aromatic rings. The van der Waals surface area contributed by atoms with Gasteiger partial charge in [0.05, 0.1) is 41.1 Å². The van der Waals surface area contributed by atoms with Gasteiger partial charge in [0.2, 0.25) is 0 Å². The van der Waals surface area contributed by atoms with Crippen LogP contribution in [0, 0.1) is 60.9 Å². The summed E-state index contributed by atoms with van der Waals surface area (Å²) in [5, 5.41) is 14.2. The number of aryl methyl sites for hydroxylation is 6. The molecular formula is C61H58N13Os-3. The van der Waals surface area contributed by atoms with Crippen LogP contribution in [0.15, 0.2) is 162 Å². The second-order valence-electron chi connectivity index (χ2n) is 19.7. The van der Waals surface area contributed by atoms with E-state index in [9.17, 15) is 0 Å². The molecule has 2 unspecified atom stereocenters. The molecule has 0 radical (unpaired) electrons. The molecule has 378 valence electrons. The van der Waals surface area contributed by atoms with Crippen molar-refractivity contribution in [3.63, 3.8) is 0 Å². The number of rotatable bonds is 6. The fourth-order valence-corrected chi connectivity index (χ4v) is 12.1. The van der Waals surface area contributed by atoms with E-state index < -0.39 is 0 Å². The number of hydrogen-bond acceptors (Lipinski definition) is 13. The Morgan fingerprint density at radius 3 is 1.32 bits per heavy atom. The van der Waals surface area contributed by atoms with Crippen LogP contribution in [-0.4, -0.2) is 53.1 Å².